The van der Waals surface area contributed by atoms with E-state index in [0.29, 0.717) is 15.4 Å². The summed E-state index contributed by atoms with van der Waals surface area (Å²) in [5.74, 6) is 0. The topological polar surface area (TPSA) is 57.9 Å². The molecular weight excluding hydrogens is 369 g/mol. The van der Waals surface area contributed by atoms with Gasteiger partial charge >= 0.3 is 0 Å². The monoisotopic (exact) mass is 371 g/mol. The Hall–Kier alpha value is -0.0900. The molecule has 0 saturated carbocycles. The second-order valence-corrected chi connectivity index (χ2v) is 6.60. The molecule has 0 bridgehead atoms. The summed E-state index contributed by atoms with van der Waals surface area (Å²) in [6.45, 7) is 0. The number of benzene rings is 1. The summed E-state index contributed by atoms with van der Waals surface area (Å²) in [6.07, 6.45) is 0. The second kappa shape index (κ2) is 4.83. The maximum Gasteiger partial charge on any atom is 0.262 e. The predicted molar refractivity (Wildman–Crippen MR) is 64.5 cm³/mol. The average Bonchev–Trinajstić information content (AvgIpc) is 2.14. The number of nitriles is 1. The zero-order valence-corrected chi connectivity index (χ0v) is 11.9. The molecule has 7 heteroatoms. The molecule has 0 aliphatic heterocycles. The number of rotatable bonds is 2. The lowest BCUT2D eigenvalue weighted by Crippen LogP contribution is -2.00. The third-order valence-electron chi connectivity index (χ3n) is 1.64. The molecule has 0 fully saturated rings. The van der Waals surface area contributed by atoms with Crippen LogP contribution in [0.3, 0.4) is 0 Å². The van der Waals surface area contributed by atoms with E-state index in [9.17, 15) is 8.42 Å². The van der Waals surface area contributed by atoms with Crippen LogP contribution in [0.5, 0.6) is 0 Å². The number of alkyl halides is 1. The van der Waals surface area contributed by atoms with Crippen LogP contribution in [-0.4, -0.2) is 8.42 Å². The van der Waals surface area contributed by atoms with Crippen molar-refractivity contribution in [1.82, 2.24) is 0 Å². The second-order valence-electron chi connectivity index (χ2n) is 2.62. The van der Waals surface area contributed by atoms with E-state index in [2.05, 4.69) is 31.9 Å². The van der Waals surface area contributed by atoms with Crippen molar-refractivity contribution in [3.05, 3.63) is 27.7 Å². The Balaban J connectivity index is 3.69. The maximum absolute atomic E-state index is 11.3. The molecule has 0 saturated heterocycles. The predicted octanol–water partition coefficient (Wildman–Crippen LogP) is 3.14. The highest BCUT2D eigenvalue weighted by molar-refractivity contribution is 9.10. The first-order chi connectivity index (χ1) is 6.90. The molecular formula is C8H4Br2ClNO2S. The molecule has 0 radical (unpaired) electrons. The lowest BCUT2D eigenvalue weighted by Gasteiger charge is -2.06. The molecule has 3 nitrogen and oxygen atoms in total. The third kappa shape index (κ3) is 2.94. The Kier molecular flexibility index (Phi) is 4.18. The molecule has 1 rings (SSSR count). The quantitative estimate of drug-likeness (QED) is 0.591. The van der Waals surface area contributed by atoms with Gasteiger partial charge in [0, 0.05) is 20.5 Å². The molecule has 0 atom stereocenters. The highest BCUT2D eigenvalue weighted by Gasteiger charge is 2.20. The molecule has 1 aromatic carbocycles. The van der Waals surface area contributed by atoms with E-state index in [4.69, 9.17) is 15.9 Å². The van der Waals surface area contributed by atoms with Gasteiger partial charge < -0.3 is 0 Å². The highest BCUT2D eigenvalue weighted by Crippen LogP contribution is 2.29. The van der Waals surface area contributed by atoms with Crippen LogP contribution < -0.4 is 0 Å². The molecule has 0 heterocycles. The van der Waals surface area contributed by atoms with Crippen molar-refractivity contribution >= 4 is 51.6 Å². The van der Waals surface area contributed by atoms with Crippen molar-refractivity contribution in [2.24, 2.45) is 0 Å². The van der Waals surface area contributed by atoms with Crippen LogP contribution in [0.4, 0.5) is 0 Å². The first-order valence-electron chi connectivity index (χ1n) is 3.63. The van der Waals surface area contributed by atoms with Gasteiger partial charge in [0.05, 0.1) is 5.56 Å². The fourth-order valence-electron chi connectivity index (χ4n) is 1.12. The van der Waals surface area contributed by atoms with Crippen LogP contribution in [0.2, 0.25) is 0 Å². The molecule has 1 aromatic rings. The van der Waals surface area contributed by atoms with Crippen LogP contribution in [0.25, 0.3) is 0 Å². The van der Waals surface area contributed by atoms with Gasteiger partial charge in [-0.25, -0.2) is 8.42 Å². The Morgan fingerprint density at radius 1 is 1.47 bits per heavy atom. The van der Waals surface area contributed by atoms with E-state index in [1.165, 1.54) is 6.07 Å². The van der Waals surface area contributed by atoms with Gasteiger partial charge in [-0.15, -0.1) is 0 Å². The summed E-state index contributed by atoms with van der Waals surface area (Å²) in [4.78, 5) is -0.133. The Bertz CT molecular complexity index is 536. The lowest BCUT2D eigenvalue weighted by atomic mass is 10.1. The Morgan fingerprint density at radius 3 is 2.47 bits per heavy atom. The van der Waals surface area contributed by atoms with E-state index in [-0.39, 0.29) is 10.5 Å². The smallest absolute Gasteiger partial charge is 0.207 e. The number of nitrogens with zero attached hydrogens (tertiary/aromatic N) is 1. The molecule has 0 aliphatic carbocycles. The van der Waals surface area contributed by atoms with E-state index in [0.717, 1.165) is 0 Å². The van der Waals surface area contributed by atoms with Crippen LogP contribution in [0.15, 0.2) is 21.5 Å². The van der Waals surface area contributed by atoms with Gasteiger partial charge in [-0.3, -0.25) is 0 Å². The van der Waals surface area contributed by atoms with E-state index in [1.54, 1.807) is 12.1 Å². The first kappa shape index (κ1) is 13.0. The van der Waals surface area contributed by atoms with Crippen molar-refractivity contribution in [2.75, 3.05) is 0 Å². The zero-order chi connectivity index (χ0) is 11.6. The normalized spacial score (nSPS) is 11.1. The van der Waals surface area contributed by atoms with Crippen LogP contribution >= 0.6 is 42.5 Å². The van der Waals surface area contributed by atoms with Crippen molar-refractivity contribution in [1.29, 1.82) is 5.26 Å². The molecule has 80 valence electrons. The molecule has 15 heavy (non-hydrogen) atoms. The largest absolute Gasteiger partial charge is 0.262 e. The Labute approximate surface area is 109 Å². The SMILES string of the molecule is N#Cc1cc(Br)cc(CBr)c1S(=O)(=O)Cl. The summed E-state index contributed by atoms with van der Waals surface area (Å²) in [5, 5.41) is 9.12. The molecule has 0 N–H and O–H groups in total. The standard InChI is InChI=1S/C8H4Br2ClNO2S/c9-3-5-1-7(10)2-6(4-12)8(5)15(11,13)14/h1-2H,3H2. The van der Waals surface area contributed by atoms with Crippen molar-refractivity contribution in [3.63, 3.8) is 0 Å². The summed E-state index contributed by atoms with van der Waals surface area (Å²) in [6, 6.07) is 4.82. The van der Waals surface area contributed by atoms with Crippen molar-refractivity contribution < 1.29 is 8.42 Å². The fraction of sp³-hybridized carbons (Fsp3) is 0.125. The average molecular weight is 373 g/mol. The van der Waals surface area contributed by atoms with Gasteiger partial charge in [0.2, 0.25) is 0 Å². The van der Waals surface area contributed by atoms with Gasteiger partial charge in [-0.2, -0.15) is 5.26 Å². The van der Waals surface area contributed by atoms with Crippen molar-refractivity contribution in [2.45, 2.75) is 10.2 Å². The summed E-state index contributed by atoms with van der Waals surface area (Å²) in [7, 11) is 1.36. The zero-order valence-electron chi connectivity index (χ0n) is 7.17. The minimum Gasteiger partial charge on any atom is -0.207 e. The molecule has 0 aromatic heterocycles. The van der Waals surface area contributed by atoms with Gasteiger partial charge in [0.25, 0.3) is 9.05 Å². The number of hydrogen-bond acceptors (Lipinski definition) is 3. The van der Waals surface area contributed by atoms with Gasteiger partial charge in [-0.05, 0) is 17.7 Å². The van der Waals surface area contributed by atoms with E-state index in [1.807, 2.05) is 0 Å². The summed E-state index contributed by atoms with van der Waals surface area (Å²) >= 11 is 6.33. The lowest BCUT2D eigenvalue weighted by molar-refractivity contribution is 0.608. The van der Waals surface area contributed by atoms with Crippen molar-refractivity contribution in [3.8, 4) is 6.07 Å². The van der Waals surface area contributed by atoms with Gasteiger partial charge in [0.15, 0.2) is 0 Å². The molecule has 0 unspecified atom stereocenters. The van der Waals surface area contributed by atoms with Crippen LogP contribution in [0, 0.1) is 11.3 Å². The summed E-state index contributed by atoms with van der Waals surface area (Å²) < 4.78 is 23.2. The minimum atomic E-state index is -3.91. The first-order valence-corrected chi connectivity index (χ1v) is 7.85. The minimum absolute atomic E-state index is 0.0359. The van der Waals surface area contributed by atoms with E-state index < -0.39 is 9.05 Å². The molecule has 0 aliphatic rings. The molecule has 0 amide bonds. The number of hydrogen-bond donors (Lipinski definition) is 0. The van der Waals surface area contributed by atoms with Gasteiger partial charge in [-0.1, -0.05) is 31.9 Å². The van der Waals surface area contributed by atoms with Crippen LogP contribution in [-0.2, 0) is 14.4 Å². The Morgan fingerprint density at radius 2 is 2.07 bits per heavy atom. The molecule has 0 spiro atoms. The van der Waals surface area contributed by atoms with Gasteiger partial charge in [0.1, 0.15) is 11.0 Å². The fourth-order valence-corrected chi connectivity index (χ4v) is 3.61. The van der Waals surface area contributed by atoms with Crippen LogP contribution in [0.1, 0.15) is 11.1 Å². The van der Waals surface area contributed by atoms with E-state index >= 15 is 0 Å². The highest BCUT2D eigenvalue weighted by atomic mass is 79.9. The third-order valence-corrected chi connectivity index (χ3v) is 4.13. The summed E-state index contributed by atoms with van der Waals surface area (Å²) in [5.41, 5.74) is 0.491. The maximum atomic E-state index is 11.3. The number of halogens is 3.